The maximum atomic E-state index is 13.0. The van der Waals surface area contributed by atoms with Gasteiger partial charge in [-0.2, -0.15) is 0 Å². The first-order valence-electron chi connectivity index (χ1n) is 8.09. The molecule has 2 aromatic rings. The zero-order valence-corrected chi connectivity index (χ0v) is 15.6. The minimum absolute atomic E-state index is 0.0821. The highest BCUT2D eigenvalue weighted by Gasteiger charge is 2.10. The SMILES string of the molecule is Cc1cc(C)c(NC(=O)CNC(=O)CNc2ccc(F)cc2Cl)c(C)c1. The average molecular weight is 378 g/mol. The largest absolute Gasteiger partial charge is 0.375 e. The predicted octanol–water partition coefficient (Wildman–Crippen LogP) is 3.57. The van der Waals surface area contributed by atoms with Crippen molar-refractivity contribution in [1.82, 2.24) is 5.32 Å². The lowest BCUT2D eigenvalue weighted by Gasteiger charge is -2.13. The Morgan fingerprint density at radius 2 is 1.65 bits per heavy atom. The van der Waals surface area contributed by atoms with Crippen LogP contribution in [0.4, 0.5) is 15.8 Å². The Morgan fingerprint density at radius 1 is 1.00 bits per heavy atom. The van der Waals surface area contributed by atoms with Crippen molar-refractivity contribution in [2.45, 2.75) is 20.8 Å². The first-order chi connectivity index (χ1) is 12.3. The molecule has 0 heterocycles. The van der Waals surface area contributed by atoms with Crippen molar-refractivity contribution in [3.8, 4) is 0 Å². The number of hydrogen-bond acceptors (Lipinski definition) is 3. The highest BCUT2D eigenvalue weighted by Crippen LogP contribution is 2.22. The number of aryl methyl sites for hydroxylation is 3. The van der Waals surface area contributed by atoms with Crippen LogP contribution in [0.3, 0.4) is 0 Å². The van der Waals surface area contributed by atoms with Gasteiger partial charge in [-0.25, -0.2) is 4.39 Å². The van der Waals surface area contributed by atoms with E-state index in [1.807, 2.05) is 32.9 Å². The van der Waals surface area contributed by atoms with Crippen LogP contribution < -0.4 is 16.0 Å². The summed E-state index contributed by atoms with van der Waals surface area (Å²) in [5.74, 6) is -1.14. The van der Waals surface area contributed by atoms with Gasteiger partial charge in [0.15, 0.2) is 0 Å². The van der Waals surface area contributed by atoms with Crippen molar-refractivity contribution < 1.29 is 14.0 Å². The fourth-order valence-electron chi connectivity index (χ4n) is 2.61. The van der Waals surface area contributed by atoms with Crippen molar-refractivity contribution in [2.75, 3.05) is 23.7 Å². The maximum absolute atomic E-state index is 13.0. The third kappa shape index (κ3) is 5.46. The number of nitrogens with one attached hydrogen (secondary N) is 3. The highest BCUT2D eigenvalue weighted by molar-refractivity contribution is 6.33. The van der Waals surface area contributed by atoms with Gasteiger partial charge in [0.2, 0.25) is 11.8 Å². The second-order valence-electron chi connectivity index (χ2n) is 6.08. The summed E-state index contributed by atoms with van der Waals surface area (Å²) in [5, 5.41) is 8.31. The van der Waals surface area contributed by atoms with Crippen LogP contribution in [0.2, 0.25) is 5.02 Å². The van der Waals surface area contributed by atoms with Crippen LogP contribution in [0.5, 0.6) is 0 Å². The molecule has 0 aliphatic rings. The van der Waals surface area contributed by atoms with Crippen LogP contribution in [0.1, 0.15) is 16.7 Å². The third-order valence-electron chi connectivity index (χ3n) is 3.76. The molecule has 0 fully saturated rings. The summed E-state index contributed by atoms with van der Waals surface area (Å²) in [6.07, 6.45) is 0. The molecule has 0 aromatic heterocycles. The second-order valence-corrected chi connectivity index (χ2v) is 6.48. The van der Waals surface area contributed by atoms with E-state index in [2.05, 4.69) is 16.0 Å². The summed E-state index contributed by atoms with van der Waals surface area (Å²) in [7, 11) is 0. The fourth-order valence-corrected chi connectivity index (χ4v) is 2.84. The van der Waals surface area contributed by atoms with Gasteiger partial charge in [0.05, 0.1) is 23.8 Å². The molecular formula is C19H21ClFN3O2. The Kier molecular flexibility index (Phi) is 6.58. The van der Waals surface area contributed by atoms with E-state index in [-0.39, 0.29) is 29.9 Å². The second kappa shape index (κ2) is 8.67. The van der Waals surface area contributed by atoms with Gasteiger partial charge >= 0.3 is 0 Å². The van der Waals surface area contributed by atoms with Gasteiger partial charge in [-0.1, -0.05) is 29.3 Å². The number of anilines is 2. The molecule has 0 atom stereocenters. The van der Waals surface area contributed by atoms with E-state index in [9.17, 15) is 14.0 Å². The Labute approximate surface area is 156 Å². The van der Waals surface area contributed by atoms with Crippen LogP contribution in [-0.4, -0.2) is 24.9 Å². The van der Waals surface area contributed by atoms with Crippen molar-refractivity contribution in [3.63, 3.8) is 0 Å². The molecule has 2 amide bonds. The Balaban J connectivity index is 1.83. The van der Waals surface area contributed by atoms with E-state index in [0.717, 1.165) is 28.4 Å². The number of hydrogen-bond donors (Lipinski definition) is 3. The molecule has 2 rings (SSSR count). The molecule has 7 heteroatoms. The van der Waals surface area contributed by atoms with Gasteiger partial charge in [0, 0.05) is 5.69 Å². The number of halogens is 2. The zero-order valence-electron chi connectivity index (χ0n) is 14.9. The molecule has 0 saturated carbocycles. The van der Waals surface area contributed by atoms with Crippen molar-refractivity contribution >= 4 is 34.8 Å². The number of benzene rings is 2. The molecule has 0 aliphatic carbocycles. The molecule has 0 aliphatic heterocycles. The Hall–Kier alpha value is -2.60. The molecule has 5 nitrogen and oxygen atoms in total. The lowest BCUT2D eigenvalue weighted by molar-refractivity contribution is -0.122. The number of carbonyl (C=O) groups is 2. The van der Waals surface area contributed by atoms with Crippen molar-refractivity contribution in [1.29, 1.82) is 0 Å². The minimum atomic E-state index is -0.455. The van der Waals surface area contributed by atoms with Crippen molar-refractivity contribution in [2.24, 2.45) is 0 Å². The monoisotopic (exact) mass is 377 g/mol. The van der Waals surface area contributed by atoms with Crippen LogP contribution in [0, 0.1) is 26.6 Å². The van der Waals surface area contributed by atoms with Gasteiger partial charge in [0.25, 0.3) is 0 Å². The van der Waals surface area contributed by atoms with E-state index in [1.165, 1.54) is 12.1 Å². The standard InChI is InChI=1S/C19H21ClFN3O2/c1-11-6-12(2)19(13(3)7-11)24-18(26)10-23-17(25)9-22-16-5-4-14(21)8-15(16)20/h4-8,22H,9-10H2,1-3H3,(H,23,25)(H,24,26). The summed E-state index contributed by atoms with van der Waals surface area (Å²) in [4.78, 5) is 23.9. The minimum Gasteiger partial charge on any atom is -0.375 e. The molecule has 0 radical (unpaired) electrons. The third-order valence-corrected chi connectivity index (χ3v) is 4.07. The van der Waals surface area contributed by atoms with E-state index in [4.69, 9.17) is 11.6 Å². The van der Waals surface area contributed by atoms with Crippen LogP contribution in [-0.2, 0) is 9.59 Å². The molecule has 26 heavy (non-hydrogen) atoms. The molecular weight excluding hydrogens is 357 g/mol. The molecule has 0 spiro atoms. The molecule has 3 N–H and O–H groups in total. The van der Waals surface area contributed by atoms with Gasteiger partial charge in [0.1, 0.15) is 5.82 Å². The van der Waals surface area contributed by atoms with E-state index >= 15 is 0 Å². The van der Waals surface area contributed by atoms with Crippen LogP contribution >= 0.6 is 11.6 Å². The smallest absolute Gasteiger partial charge is 0.243 e. The van der Waals surface area contributed by atoms with Gasteiger partial charge in [-0.05, 0) is 50.1 Å². The van der Waals surface area contributed by atoms with E-state index < -0.39 is 5.82 Å². The predicted molar refractivity (Wildman–Crippen MR) is 102 cm³/mol. The number of rotatable bonds is 6. The topological polar surface area (TPSA) is 70.2 Å². The van der Waals surface area contributed by atoms with Gasteiger partial charge in [-0.15, -0.1) is 0 Å². The van der Waals surface area contributed by atoms with E-state index in [0.29, 0.717) is 5.69 Å². The number of amides is 2. The molecule has 138 valence electrons. The van der Waals surface area contributed by atoms with Gasteiger partial charge in [-0.3, -0.25) is 9.59 Å². The summed E-state index contributed by atoms with van der Waals surface area (Å²) in [6.45, 7) is 5.60. The molecule has 2 aromatic carbocycles. The first kappa shape index (κ1) is 19.7. The summed E-state index contributed by atoms with van der Waals surface area (Å²) < 4.78 is 13.0. The quantitative estimate of drug-likeness (QED) is 0.720. The van der Waals surface area contributed by atoms with Crippen molar-refractivity contribution in [3.05, 3.63) is 57.9 Å². The summed E-state index contributed by atoms with van der Waals surface area (Å²) in [5.41, 5.74) is 4.26. The number of carbonyl (C=O) groups excluding carboxylic acids is 2. The lowest BCUT2D eigenvalue weighted by Crippen LogP contribution is -2.36. The van der Waals surface area contributed by atoms with Crippen LogP contribution in [0.15, 0.2) is 30.3 Å². The highest BCUT2D eigenvalue weighted by atomic mass is 35.5. The van der Waals surface area contributed by atoms with Crippen LogP contribution in [0.25, 0.3) is 0 Å². The maximum Gasteiger partial charge on any atom is 0.243 e. The Morgan fingerprint density at radius 3 is 2.27 bits per heavy atom. The first-order valence-corrected chi connectivity index (χ1v) is 8.47. The lowest BCUT2D eigenvalue weighted by atomic mass is 10.1. The zero-order chi connectivity index (χ0) is 19.3. The normalized spacial score (nSPS) is 10.3. The van der Waals surface area contributed by atoms with E-state index in [1.54, 1.807) is 0 Å². The average Bonchev–Trinajstić information content (AvgIpc) is 2.55. The fraction of sp³-hybridized carbons (Fsp3) is 0.263. The van der Waals surface area contributed by atoms with Gasteiger partial charge < -0.3 is 16.0 Å². The molecule has 0 unspecified atom stereocenters. The summed E-state index contributed by atoms with van der Waals surface area (Å²) >= 11 is 5.87. The summed E-state index contributed by atoms with van der Waals surface area (Å²) in [6, 6.07) is 7.81. The Bertz CT molecular complexity index is 817. The molecule has 0 bridgehead atoms. The molecule has 0 saturated heterocycles.